The molecule has 3 rings (SSSR count). The zero-order chi connectivity index (χ0) is 25.9. The van der Waals surface area contributed by atoms with Crippen LogP contribution in [0.2, 0.25) is 0 Å². The summed E-state index contributed by atoms with van der Waals surface area (Å²) in [6, 6.07) is 0. The van der Waals surface area contributed by atoms with Crippen LogP contribution in [-0.2, 0) is 20.0 Å². The number of sulfonamides is 2. The maximum Gasteiger partial charge on any atom is 0.243 e. The highest BCUT2D eigenvalue weighted by molar-refractivity contribution is 7.89. The van der Waals surface area contributed by atoms with E-state index in [1.165, 1.54) is 8.61 Å². The van der Waals surface area contributed by atoms with Gasteiger partial charge in [0.05, 0.1) is 9.79 Å². The molecule has 0 aromatic heterocycles. The molecule has 0 N–H and O–H groups in total. The summed E-state index contributed by atoms with van der Waals surface area (Å²) in [4.78, 5) is 0.724. The van der Waals surface area contributed by atoms with Crippen LogP contribution in [0.5, 0.6) is 0 Å². The van der Waals surface area contributed by atoms with Crippen LogP contribution in [0.4, 0.5) is 0 Å². The fourth-order valence-electron chi connectivity index (χ4n) is 5.11. The highest BCUT2D eigenvalue weighted by Gasteiger charge is 2.37. The Morgan fingerprint density at radius 1 is 0.382 bits per heavy atom. The second-order valence-corrected chi connectivity index (χ2v) is 13.5. The molecule has 0 aliphatic carbocycles. The van der Waals surface area contributed by atoms with Gasteiger partial charge in [0.2, 0.25) is 20.0 Å². The van der Waals surface area contributed by atoms with E-state index >= 15 is 0 Å². The Balaban J connectivity index is 1.95. The van der Waals surface area contributed by atoms with Crippen molar-refractivity contribution in [2.45, 2.75) is 79.0 Å². The molecule has 6 nitrogen and oxygen atoms in total. The first-order valence-corrected chi connectivity index (χ1v) is 14.6. The molecule has 1 saturated heterocycles. The molecule has 8 heteroatoms. The topological polar surface area (TPSA) is 74.8 Å². The molecule has 1 aliphatic rings. The maximum atomic E-state index is 13.7. The molecular weight excluding hydrogens is 468 g/mol. The molecule has 0 atom stereocenters. The number of piperazine rings is 1. The summed E-state index contributed by atoms with van der Waals surface area (Å²) >= 11 is 0. The summed E-state index contributed by atoms with van der Waals surface area (Å²) in [5.41, 5.74) is 9.24. The van der Waals surface area contributed by atoms with Crippen molar-refractivity contribution in [3.8, 4) is 0 Å². The van der Waals surface area contributed by atoms with Gasteiger partial charge in [-0.2, -0.15) is 8.61 Å². The molecule has 0 saturated carbocycles. The summed E-state index contributed by atoms with van der Waals surface area (Å²) in [5, 5.41) is 0. The SMILES string of the molecule is Cc1c(C)c(C)c(S(=O)(=O)N2CCN(S(=O)(=O)c3c(C)c(C)c(C)c(C)c3C)CC2)c(C)c1C. The Bertz CT molecular complexity index is 1220. The number of benzene rings is 2. The predicted octanol–water partition coefficient (Wildman–Crippen LogP) is 4.47. The Labute approximate surface area is 206 Å². The van der Waals surface area contributed by atoms with Crippen LogP contribution >= 0.6 is 0 Å². The first-order valence-electron chi connectivity index (χ1n) is 11.7. The highest BCUT2D eigenvalue weighted by atomic mass is 32.2. The Morgan fingerprint density at radius 3 is 0.765 bits per heavy atom. The second-order valence-electron chi connectivity index (χ2n) is 9.72. The van der Waals surface area contributed by atoms with Crippen LogP contribution in [-0.4, -0.2) is 51.6 Å². The van der Waals surface area contributed by atoms with Crippen LogP contribution < -0.4 is 0 Å². The molecule has 1 aliphatic heterocycles. The lowest BCUT2D eigenvalue weighted by atomic mass is 9.95. The number of rotatable bonds is 4. The van der Waals surface area contributed by atoms with E-state index in [1.54, 1.807) is 0 Å². The van der Waals surface area contributed by atoms with Crippen LogP contribution in [0.3, 0.4) is 0 Å². The summed E-state index contributed by atoms with van der Waals surface area (Å²) < 4.78 is 57.5. The fraction of sp³-hybridized carbons (Fsp3) is 0.538. The quantitative estimate of drug-likeness (QED) is 0.613. The van der Waals surface area contributed by atoms with E-state index in [2.05, 4.69) is 0 Å². The summed E-state index contributed by atoms with van der Waals surface area (Å²) in [6.45, 7) is 19.8. The van der Waals surface area contributed by atoms with Crippen molar-refractivity contribution in [2.24, 2.45) is 0 Å². The van der Waals surface area contributed by atoms with Crippen LogP contribution in [0.25, 0.3) is 0 Å². The molecule has 0 radical (unpaired) electrons. The van der Waals surface area contributed by atoms with Crippen molar-refractivity contribution in [3.63, 3.8) is 0 Å². The van der Waals surface area contributed by atoms with Gasteiger partial charge >= 0.3 is 0 Å². The molecular formula is C26H38N2O4S2. The van der Waals surface area contributed by atoms with E-state index in [0.717, 1.165) is 55.6 Å². The molecule has 1 heterocycles. The molecule has 0 bridgehead atoms. The van der Waals surface area contributed by atoms with E-state index in [-0.39, 0.29) is 26.2 Å². The molecule has 2 aromatic rings. The fourth-order valence-corrected chi connectivity index (χ4v) is 9.08. The average Bonchev–Trinajstić information content (AvgIpc) is 2.78. The molecule has 0 unspecified atom stereocenters. The molecule has 188 valence electrons. The largest absolute Gasteiger partial charge is 0.243 e. The minimum atomic E-state index is -3.74. The Kier molecular flexibility index (Phi) is 7.14. The third kappa shape index (κ3) is 4.02. The standard InChI is InChI=1S/C26H38N2O4S2/c1-15-17(3)21(7)25(22(8)18(15)4)33(29,30)27-11-13-28(14-12-27)34(31,32)26-23(9)19(5)16(2)20(6)24(26)10/h11-14H2,1-10H3. The normalized spacial score (nSPS) is 16.3. The van der Waals surface area contributed by atoms with Crippen molar-refractivity contribution in [1.29, 1.82) is 0 Å². The first kappa shape index (κ1) is 26.9. The van der Waals surface area contributed by atoms with Gasteiger partial charge in [0.1, 0.15) is 0 Å². The van der Waals surface area contributed by atoms with Crippen LogP contribution in [0.15, 0.2) is 9.79 Å². The summed E-state index contributed by atoms with van der Waals surface area (Å²) in [5.74, 6) is 0. The van der Waals surface area contributed by atoms with Crippen molar-refractivity contribution in [1.82, 2.24) is 8.61 Å². The van der Waals surface area contributed by atoms with E-state index in [9.17, 15) is 16.8 Å². The second kappa shape index (κ2) is 9.04. The number of nitrogens with zero attached hydrogens (tertiary/aromatic N) is 2. The van der Waals surface area contributed by atoms with Gasteiger partial charge in [-0.3, -0.25) is 0 Å². The monoisotopic (exact) mass is 506 g/mol. The zero-order valence-corrected chi connectivity index (χ0v) is 23.8. The molecule has 1 fully saturated rings. The van der Waals surface area contributed by atoms with Crippen molar-refractivity contribution >= 4 is 20.0 Å². The summed E-state index contributed by atoms with van der Waals surface area (Å²) in [7, 11) is -7.48. The third-order valence-electron chi connectivity index (χ3n) is 8.26. The smallest absolute Gasteiger partial charge is 0.207 e. The van der Waals surface area contributed by atoms with Gasteiger partial charge < -0.3 is 0 Å². The predicted molar refractivity (Wildman–Crippen MR) is 138 cm³/mol. The van der Waals surface area contributed by atoms with E-state index in [1.807, 2.05) is 69.2 Å². The van der Waals surface area contributed by atoms with Gasteiger partial charge in [-0.1, -0.05) is 0 Å². The van der Waals surface area contributed by atoms with Gasteiger partial charge in [0.15, 0.2) is 0 Å². The molecule has 2 aromatic carbocycles. The van der Waals surface area contributed by atoms with Crippen molar-refractivity contribution < 1.29 is 16.8 Å². The lowest BCUT2D eigenvalue weighted by molar-refractivity contribution is 0.272. The third-order valence-corrected chi connectivity index (χ3v) is 12.6. The zero-order valence-electron chi connectivity index (χ0n) is 22.2. The molecule has 34 heavy (non-hydrogen) atoms. The van der Waals surface area contributed by atoms with Gasteiger partial charge in [-0.25, -0.2) is 16.8 Å². The first-order chi connectivity index (χ1) is 15.6. The van der Waals surface area contributed by atoms with E-state index < -0.39 is 20.0 Å². The number of hydrogen-bond acceptors (Lipinski definition) is 4. The minimum Gasteiger partial charge on any atom is -0.207 e. The highest BCUT2D eigenvalue weighted by Crippen LogP contribution is 2.34. The van der Waals surface area contributed by atoms with Gasteiger partial charge in [-0.15, -0.1) is 0 Å². The van der Waals surface area contributed by atoms with Gasteiger partial charge in [-0.05, 0) is 125 Å². The Hall–Kier alpha value is -1.74. The van der Waals surface area contributed by atoms with Crippen molar-refractivity contribution in [2.75, 3.05) is 26.2 Å². The van der Waals surface area contributed by atoms with E-state index in [0.29, 0.717) is 9.79 Å². The Morgan fingerprint density at radius 2 is 0.559 bits per heavy atom. The summed E-state index contributed by atoms with van der Waals surface area (Å²) in [6.07, 6.45) is 0. The van der Waals surface area contributed by atoms with Crippen molar-refractivity contribution in [3.05, 3.63) is 55.6 Å². The van der Waals surface area contributed by atoms with Gasteiger partial charge in [0, 0.05) is 26.2 Å². The molecule has 0 spiro atoms. The van der Waals surface area contributed by atoms with Crippen LogP contribution in [0, 0.1) is 69.2 Å². The molecule has 0 amide bonds. The number of hydrogen-bond donors (Lipinski definition) is 0. The lowest BCUT2D eigenvalue weighted by Crippen LogP contribution is -2.50. The average molecular weight is 507 g/mol. The van der Waals surface area contributed by atoms with Gasteiger partial charge in [0.25, 0.3) is 0 Å². The maximum absolute atomic E-state index is 13.7. The minimum absolute atomic E-state index is 0.133. The lowest BCUT2D eigenvalue weighted by Gasteiger charge is -2.35. The van der Waals surface area contributed by atoms with Crippen LogP contribution in [0.1, 0.15) is 55.6 Å². The van der Waals surface area contributed by atoms with E-state index in [4.69, 9.17) is 0 Å².